The monoisotopic (exact) mass is 364 g/mol. The first-order valence-electron chi connectivity index (χ1n) is 7.58. The summed E-state index contributed by atoms with van der Waals surface area (Å²) < 4.78 is 4.94. The Morgan fingerprint density at radius 3 is 2.76 bits per heavy atom. The first kappa shape index (κ1) is 18.7. The van der Waals surface area contributed by atoms with Gasteiger partial charge < -0.3 is 4.74 Å². The smallest absolute Gasteiger partial charge is 0.326 e. The van der Waals surface area contributed by atoms with Crippen molar-refractivity contribution in [1.29, 1.82) is 0 Å². The zero-order valence-electron chi connectivity index (χ0n) is 13.5. The lowest BCUT2D eigenvalue weighted by molar-refractivity contribution is -0.385. The first-order chi connectivity index (χ1) is 11.9. The number of nitro groups is 1. The van der Waals surface area contributed by atoms with Gasteiger partial charge in [-0.05, 0) is 30.3 Å². The molecule has 1 fully saturated rings. The largest absolute Gasteiger partial charge is 0.464 e. The molecule has 1 aliphatic rings. The zero-order valence-corrected chi connectivity index (χ0v) is 14.3. The van der Waals surface area contributed by atoms with Crippen molar-refractivity contribution in [3.63, 3.8) is 0 Å². The maximum Gasteiger partial charge on any atom is 0.326 e. The normalized spacial score (nSPS) is 15.7. The molecule has 0 atom stereocenters. The molecule has 1 aromatic rings. The van der Waals surface area contributed by atoms with E-state index in [1.165, 1.54) is 24.3 Å². The molecule has 9 heteroatoms. The van der Waals surface area contributed by atoms with E-state index >= 15 is 0 Å². The minimum atomic E-state index is -0.666. The predicted molar refractivity (Wildman–Crippen MR) is 91.6 cm³/mol. The first-order valence-corrected chi connectivity index (χ1v) is 8.40. The number of esters is 1. The number of hydrogen-bond donors (Lipinski definition) is 0. The fourth-order valence-corrected chi connectivity index (χ4v) is 2.89. The maximum atomic E-state index is 12.3. The van der Waals surface area contributed by atoms with E-state index in [9.17, 15) is 24.5 Å². The molecule has 0 aliphatic carbocycles. The van der Waals surface area contributed by atoms with Gasteiger partial charge in [0.15, 0.2) is 0 Å². The number of amides is 2. The van der Waals surface area contributed by atoms with Gasteiger partial charge in [0, 0.05) is 6.07 Å². The van der Waals surface area contributed by atoms with Crippen molar-refractivity contribution in [2.24, 2.45) is 0 Å². The fraction of sp³-hybridized carbons (Fsp3) is 0.312. The number of benzene rings is 1. The molecule has 0 aromatic heterocycles. The van der Waals surface area contributed by atoms with Gasteiger partial charge in [0.2, 0.25) is 0 Å². The summed E-state index contributed by atoms with van der Waals surface area (Å²) in [4.78, 5) is 47.2. The number of nitro benzene ring substituents is 1. The van der Waals surface area contributed by atoms with E-state index in [4.69, 9.17) is 4.74 Å². The Bertz CT molecular complexity index is 746. The number of ether oxygens (including phenoxy) is 1. The lowest BCUT2D eigenvalue weighted by Crippen LogP contribution is -2.34. The minimum Gasteiger partial charge on any atom is -0.464 e. The van der Waals surface area contributed by atoms with Crippen molar-refractivity contribution >= 4 is 40.6 Å². The Labute approximate surface area is 148 Å². The molecule has 0 bridgehead atoms. The van der Waals surface area contributed by atoms with Crippen molar-refractivity contribution in [2.45, 2.75) is 19.8 Å². The number of rotatable bonds is 7. The molecule has 25 heavy (non-hydrogen) atoms. The number of thioether (sulfide) groups is 1. The number of nitrogens with zero attached hydrogens (tertiary/aromatic N) is 2. The Morgan fingerprint density at radius 1 is 1.36 bits per heavy atom. The third-order valence-electron chi connectivity index (χ3n) is 3.34. The van der Waals surface area contributed by atoms with Crippen LogP contribution in [-0.2, 0) is 14.3 Å². The second-order valence-electron chi connectivity index (χ2n) is 5.16. The van der Waals surface area contributed by atoms with E-state index in [0.717, 1.165) is 11.3 Å². The Morgan fingerprint density at radius 2 is 2.08 bits per heavy atom. The number of carbonyl (C=O) groups excluding carboxylic acids is 3. The number of unbranched alkanes of at least 4 members (excludes halogenated alkanes) is 1. The van der Waals surface area contributed by atoms with Crippen LogP contribution in [0, 0.1) is 10.1 Å². The molecule has 1 aromatic carbocycles. The molecule has 1 aliphatic heterocycles. The molecule has 8 nitrogen and oxygen atoms in total. The second-order valence-corrected chi connectivity index (χ2v) is 6.15. The van der Waals surface area contributed by atoms with Crippen LogP contribution in [0.25, 0.3) is 6.08 Å². The van der Waals surface area contributed by atoms with Crippen molar-refractivity contribution in [2.75, 3.05) is 13.2 Å². The van der Waals surface area contributed by atoms with Crippen LogP contribution in [0.1, 0.15) is 25.3 Å². The molecule has 0 unspecified atom stereocenters. The maximum absolute atomic E-state index is 12.3. The van der Waals surface area contributed by atoms with E-state index < -0.39 is 28.6 Å². The van der Waals surface area contributed by atoms with Crippen LogP contribution in [-0.4, -0.2) is 40.1 Å². The number of para-hydroxylation sites is 1. The second kappa shape index (κ2) is 8.43. The summed E-state index contributed by atoms with van der Waals surface area (Å²) in [5.41, 5.74) is 0.0387. The number of imide groups is 1. The molecule has 0 radical (unpaired) electrons. The summed E-state index contributed by atoms with van der Waals surface area (Å²) in [7, 11) is 0. The summed E-state index contributed by atoms with van der Waals surface area (Å²) in [5, 5.41) is 10.4. The summed E-state index contributed by atoms with van der Waals surface area (Å²) in [6.07, 6.45) is 2.84. The Kier molecular flexibility index (Phi) is 6.29. The quantitative estimate of drug-likeness (QED) is 0.241. The highest BCUT2D eigenvalue weighted by molar-refractivity contribution is 8.18. The summed E-state index contributed by atoms with van der Waals surface area (Å²) in [5.74, 6) is -1.33. The average molecular weight is 364 g/mol. The third-order valence-corrected chi connectivity index (χ3v) is 4.25. The van der Waals surface area contributed by atoms with Crippen molar-refractivity contribution in [1.82, 2.24) is 4.90 Å². The van der Waals surface area contributed by atoms with Crippen molar-refractivity contribution < 1.29 is 24.0 Å². The Hall–Kier alpha value is -2.68. The van der Waals surface area contributed by atoms with E-state index in [-0.39, 0.29) is 22.8 Å². The molecule has 2 amide bonds. The van der Waals surface area contributed by atoms with Gasteiger partial charge in [-0.1, -0.05) is 25.5 Å². The van der Waals surface area contributed by atoms with Gasteiger partial charge in [-0.15, -0.1) is 0 Å². The lowest BCUT2D eigenvalue weighted by Gasteiger charge is -2.11. The summed E-state index contributed by atoms with van der Waals surface area (Å²) in [6.45, 7) is 1.71. The topological polar surface area (TPSA) is 107 Å². The van der Waals surface area contributed by atoms with Crippen LogP contribution in [0.4, 0.5) is 10.5 Å². The third kappa shape index (κ3) is 4.66. The highest BCUT2D eigenvalue weighted by atomic mass is 32.2. The van der Waals surface area contributed by atoms with E-state index in [2.05, 4.69) is 0 Å². The average Bonchev–Trinajstić information content (AvgIpc) is 2.83. The highest BCUT2D eigenvalue weighted by Crippen LogP contribution is 2.33. The molecule has 0 saturated carbocycles. The SMILES string of the molecule is CCCCOC(=O)CN1C(=O)S/C(=C/c2ccccc2[N+](=O)[O-])C1=O. The highest BCUT2D eigenvalue weighted by Gasteiger charge is 2.37. The van der Waals surface area contributed by atoms with Crippen molar-refractivity contribution in [3.05, 3.63) is 44.8 Å². The van der Waals surface area contributed by atoms with Gasteiger partial charge in [0.1, 0.15) is 6.54 Å². The molecule has 0 N–H and O–H groups in total. The molecule has 0 spiro atoms. The van der Waals surface area contributed by atoms with Gasteiger partial charge in [-0.2, -0.15) is 0 Å². The standard InChI is InChI=1S/C16H16N2O6S/c1-2-3-8-24-14(19)10-17-15(20)13(25-16(17)21)9-11-6-4-5-7-12(11)18(22)23/h4-7,9H,2-3,8,10H2,1H3/b13-9+. The van der Waals surface area contributed by atoms with Gasteiger partial charge >= 0.3 is 5.97 Å². The molecule has 132 valence electrons. The van der Waals surface area contributed by atoms with E-state index in [0.29, 0.717) is 18.2 Å². The molecular weight excluding hydrogens is 348 g/mol. The molecule has 2 rings (SSSR count). The van der Waals surface area contributed by atoms with Gasteiger partial charge in [-0.3, -0.25) is 29.4 Å². The van der Waals surface area contributed by atoms with Crippen LogP contribution in [0.3, 0.4) is 0 Å². The lowest BCUT2D eigenvalue weighted by atomic mass is 10.1. The molecule has 1 heterocycles. The van der Waals surface area contributed by atoms with Crippen LogP contribution >= 0.6 is 11.8 Å². The van der Waals surface area contributed by atoms with Crippen LogP contribution in [0.5, 0.6) is 0 Å². The predicted octanol–water partition coefficient (Wildman–Crippen LogP) is 2.97. The van der Waals surface area contributed by atoms with Gasteiger partial charge in [0.05, 0.1) is 22.0 Å². The zero-order chi connectivity index (χ0) is 18.4. The number of carbonyl (C=O) groups is 3. The van der Waals surface area contributed by atoms with E-state index in [1.54, 1.807) is 6.07 Å². The fourth-order valence-electron chi connectivity index (χ4n) is 2.06. The number of hydrogen-bond acceptors (Lipinski definition) is 7. The van der Waals surface area contributed by atoms with Crippen LogP contribution < -0.4 is 0 Å². The van der Waals surface area contributed by atoms with Crippen molar-refractivity contribution in [3.8, 4) is 0 Å². The summed E-state index contributed by atoms with van der Waals surface area (Å²) >= 11 is 0.636. The van der Waals surface area contributed by atoms with Gasteiger partial charge in [0.25, 0.3) is 16.8 Å². The van der Waals surface area contributed by atoms with E-state index in [1.807, 2.05) is 6.92 Å². The Balaban J connectivity index is 2.13. The molecular formula is C16H16N2O6S. The van der Waals surface area contributed by atoms with Gasteiger partial charge in [-0.25, -0.2) is 0 Å². The van der Waals surface area contributed by atoms with Crippen LogP contribution in [0.15, 0.2) is 29.2 Å². The molecule has 1 saturated heterocycles. The summed E-state index contributed by atoms with van der Waals surface area (Å²) in [6, 6.07) is 5.88. The minimum absolute atomic E-state index is 0.0284. The van der Waals surface area contributed by atoms with Crippen LogP contribution in [0.2, 0.25) is 0 Å².